The van der Waals surface area contributed by atoms with Crippen molar-refractivity contribution in [3.8, 4) is 0 Å². The van der Waals surface area contributed by atoms with Crippen molar-refractivity contribution >= 4 is 17.4 Å². The van der Waals surface area contributed by atoms with Gasteiger partial charge in [0.15, 0.2) is 0 Å². The summed E-state index contributed by atoms with van der Waals surface area (Å²) in [5, 5.41) is 6.72. The topological polar surface area (TPSA) is 58.2 Å². The smallest absolute Gasteiger partial charge is 0.221 e. The number of rotatable bonds is 12. The van der Waals surface area contributed by atoms with Crippen molar-refractivity contribution in [2.45, 2.75) is 184 Å². The zero-order valence-corrected chi connectivity index (χ0v) is 33.3. The van der Waals surface area contributed by atoms with Crippen LogP contribution in [0.4, 0.5) is 5.69 Å². The lowest BCUT2D eigenvalue weighted by Gasteiger charge is -2.35. The van der Waals surface area contributed by atoms with Gasteiger partial charge in [0.05, 0.1) is 0 Å². The fourth-order valence-corrected chi connectivity index (χ4v) is 8.03. The number of hydrogen-bond acceptors (Lipinski definition) is 3. The van der Waals surface area contributed by atoms with E-state index < -0.39 is 0 Å². The van der Waals surface area contributed by atoms with Crippen molar-refractivity contribution in [3.05, 3.63) is 53.4 Å². The Morgan fingerprint density at radius 1 is 0.918 bits per heavy atom. The Kier molecular flexibility index (Phi) is 20.2. The first-order chi connectivity index (χ1) is 23.4. The summed E-state index contributed by atoms with van der Waals surface area (Å²) in [5.41, 5.74) is 7.07. The van der Waals surface area contributed by atoms with Crippen LogP contribution in [-0.2, 0) is 16.0 Å². The molecule has 3 aliphatic rings. The minimum atomic E-state index is -0.0370. The molecule has 278 valence electrons. The van der Waals surface area contributed by atoms with Crippen LogP contribution in [0.1, 0.15) is 183 Å². The summed E-state index contributed by atoms with van der Waals surface area (Å²) in [6, 6.07) is 8.05. The predicted molar refractivity (Wildman–Crippen MR) is 213 cm³/mol. The third-order valence-corrected chi connectivity index (χ3v) is 12.0. The zero-order valence-electron chi connectivity index (χ0n) is 33.3. The van der Waals surface area contributed by atoms with Crippen LogP contribution in [0, 0.1) is 29.1 Å². The summed E-state index contributed by atoms with van der Waals surface area (Å²) in [7, 11) is 0. The molecule has 4 nitrogen and oxygen atoms in total. The van der Waals surface area contributed by atoms with E-state index >= 15 is 0 Å². The highest BCUT2D eigenvalue weighted by Crippen LogP contribution is 2.48. The highest BCUT2D eigenvalue weighted by molar-refractivity contribution is 5.88. The van der Waals surface area contributed by atoms with E-state index in [4.69, 9.17) is 0 Å². The number of nitrogens with one attached hydrogen (secondary N) is 2. The van der Waals surface area contributed by atoms with Crippen LogP contribution in [0.3, 0.4) is 0 Å². The number of allylic oxidation sites excluding steroid dienone is 3. The summed E-state index contributed by atoms with van der Waals surface area (Å²) in [4.78, 5) is 22.1. The Balaban J connectivity index is 0.000000307. The molecule has 1 spiro atoms. The van der Waals surface area contributed by atoms with E-state index in [0.717, 1.165) is 36.8 Å². The molecule has 1 heterocycles. The molecule has 1 aromatic rings. The van der Waals surface area contributed by atoms with Gasteiger partial charge in [0.25, 0.3) is 0 Å². The van der Waals surface area contributed by atoms with Gasteiger partial charge in [0, 0.05) is 35.8 Å². The first-order valence-corrected chi connectivity index (χ1v) is 20.5. The molecule has 0 radical (unpaired) electrons. The first kappa shape index (κ1) is 42.8. The van der Waals surface area contributed by atoms with Gasteiger partial charge >= 0.3 is 0 Å². The Morgan fingerprint density at radius 2 is 1.61 bits per heavy atom. The monoisotopic (exact) mass is 677 g/mol. The van der Waals surface area contributed by atoms with Gasteiger partial charge in [-0.15, -0.1) is 0 Å². The van der Waals surface area contributed by atoms with Crippen molar-refractivity contribution in [2.75, 3.05) is 5.32 Å². The molecule has 0 bridgehead atoms. The number of ketones is 1. The van der Waals surface area contributed by atoms with Gasteiger partial charge in [-0.2, -0.15) is 0 Å². The maximum atomic E-state index is 11.1. The van der Waals surface area contributed by atoms with E-state index in [1.54, 1.807) is 18.2 Å². The molecule has 4 rings (SSSR count). The number of anilines is 1. The van der Waals surface area contributed by atoms with Crippen LogP contribution in [0.25, 0.3) is 0 Å². The lowest BCUT2D eigenvalue weighted by atomic mass is 9.74. The molecule has 49 heavy (non-hydrogen) atoms. The fourth-order valence-electron chi connectivity index (χ4n) is 8.03. The van der Waals surface area contributed by atoms with Crippen molar-refractivity contribution in [2.24, 2.45) is 29.1 Å². The number of amides is 1. The molecule has 4 atom stereocenters. The largest absolute Gasteiger partial charge is 0.362 e. The number of Topliss-reactive ketones (excluding diaryl/α,β-unsaturated/α-hetero) is 1. The highest BCUT2D eigenvalue weighted by Gasteiger charge is 2.38. The van der Waals surface area contributed by atoms with Crippen molar-refractivity contribution < 1.29 is 9.59 Å². The molecule has 2 aliphatic carbocycles. The molecule has 2 N–H and O–H groups in total. The Labute approximate surface area is 303 Å². The van der Waals surface area contributed by atoms with Gasteiger partial charge in [-0.3, -0.25) is 4.79 Å². The molecule has 0 saturated heterocycles. The molecule has 2 saturated carbocycles. The number of aryl methyl sites for hydroxylation is 1. The van der Waals surface area contributed by atoms with E-state index in [0.29, 0.717) is 23.7 Å². The Hall–Kier alpha value is -2.36. The average Bonchev–Trinajstić information content (AvgIpc) is 3.38. The van der Waals surface area contributed by atoms with E-state index in [1.807, 2.05) is 18.2 Å². The lowest BCUT2D eigenvalue weighted by molar-refractivity contribution is -0.117. The van der Waals surface area contributed by atoms with Crippen LogP contribution < -0.4 is 10.6 Å². The molecule has 1 aromatic carbocycles. The third-order valence-electron chi connectivity index (χ3n) is 12.0. The third kappa shape index (κ3) is 15.6. The van der Waals surface area contributed by atoms with Gasteiger partial charge in [0.2, 0.25) is 5.91 Å². The zero-order chi connectivity index (χ0) is 36.2. The Bertz CT molecular complexity index is 1160. The second-order valence-electron chi connectivity index (χ2n) is 16.1. The average molecular weight is 677 g/mol. The number of hydrogen-bond donors (Lipinski definition) is 2. The summed E-state index contributed by atoms with van der Waals surface area (Å²) in [6.45, 7) is 21.4. The van der Waals surface area contributed by atoms with Crippen LogP contribution in [0.5, 0.6) is 0 Å². The predicted octanol–water partition coefficient (Wildman–Crippen LogP) is 13.1. The van der Waals surface area contributed by atoms with E-state index in [9.17, 15) is 9.59 Å². The first-order valence-electron chi connectivity index (χ1n) is 20.5. The summed E-state index contributed by atoms with van der Waals surface area (Å²) in [5.74, 6) is 3.22. The minimum Gasteiger partial charge on any atom is -0.362 e. The normalized spacial score (nSPS) is 22.7. The van der Waals surface area contributed by atoms with Crippen LogP contribution in [0.15, 0.2) is 47.8 Å². The summed E-state index contributed by atoms with van der Waals surface area (Å²) in [6.07, 6.45) is 25.7. The number of carbonyl (C=O) groups is 2. The van der Waals surface area contributed by atoms with E-state index in [-0.39, 0.29) is 11.7 Å². The maximum Gasteiger partial charge on any atom is 0.221 e. The fraction of sp³-hybridized carbons (Fsp3) is 0.733. The SMILES string of the molecule is C=C1NC(C2CCCCC2)=C(C)CCC12CCCC(CC)CC2.CC(=O)CCC(C)C(C)CCCc1cccc(NC(C)=O)c1.CCCC. The van der Waals surface area contributed by atoms with Crippen molar-refractivity contribution in [1.29, 1.82) is 0 Å². The van der Waals surface area contributed by atoms with Crippen LogP contribution >= 0.6 is 0 Å². The molecule has 0 aromatic heterocycles. The van der Waals surface area contributed by atoms with Gasteiger partial charge in [-0.25, -0.2) is 0 Å². The minimum absolute atomic E-state index is 0.0370. The van der Waals surface area contributed by atoms with Crippen LogP contribution in [-0.4, -0.2) is 11.7 Å². The molecule has 4 unspecified atom stereocenters. The number of carbonyl (C=O) groups excluding carboxylic acids is 2. The van der Waals surface area contributed by atoms with Gasteiger partial charge in [-0.05, 0) is 119 Å². The lowest BCUT2D eigenvalue weighted by Crippen LogP contribution is -2.31. The molecule has 1 amide bonds. The van der Waals surface area contributed by atoms with Crippen molar-refractivity contribution in [3.63, 3.8) is 0 Å². The second kappa shape index (κ2) is 23.2. The van der Waals surface area contributed by atoms with Crippen LogP contribution in [0.2, 0.25) is 0 Å². The van der Waals surface area contributed by atoms with Crippen molar-refractivity contribution in [1.82, 2.24) is 5.32 Å². The standard InChI is InChI=1S/C22H37N.C19H29NO2.C4H10/c1-4-19-9-8-14-22(16-13-19)15-12-17(2)21(23-18(22)3)20-10-6-5-7-11-20;1-14(15(2)11-12-16(3)21)7-5-8-18-9-6-10-19(13-18)20-17(4)22;1-3-4-2/h19-20,23H,3-16H2,1-2H3;6,9-10,13-15H,5,7-8,11-12H2,1-4H3,(H,20,22);3-4H2,1-2H3. The van der Waals surface area contributed by atoms with Gasteiger partial charge in [-0.1, -0.05) is 117 Å². The maximum absolute atomic E-state index is 11.1. The highest BCUT2D eigenvalue weighted by atomic mass is 16.1. The molecule has 2 fully saturated rings. The molecule has 4 heteroatoms. The number of benzene rings is 1. The van der Waals surface area contributed by atoms with Gasteiger partial charge < -0.3 is 15.4 Å². The second-order valence-corrected chi connectivity index (χ2v) is 16.1. The summed E-state index contributed by atoms with van der Waals surface area (Å²) >= 11 is 0. The Morgan fingerprint density at radius 3 is 2.24 bits per heavy atom. The van der Waals surface area contributed by atoms with Gasteiger partial charge in [0.1, 0.15) is 5.78 Å². The summed E-state index contributed by atoms with van der Waals surface area (Å²) < 4.78 is 0. The molecule has 1 aliphatic heterocycles. The van der Waals surface area contributed by atoms with E-state index in [2.05, 4.69) is 64.8 Å². The van der Waals surface area contributed by atoms with E-state index in [1.165, 1.54) is 121 Å². The quantitative estimate of drug-likeness (QED) is 0.232. The molecular formula is C45H76N2O2. The number of unbranched alkanes of at least 4 members (excludes halogenated alkanes) is 1. The molecular weight excluding hydrogens is 601 g/mol.